The van der Waals surface area contributed by atoms with Gasteiger partial charge in [0.25, 0.3) is 0 Å². The van der Waals surface area contributed by atoms with Crippen LogP contribution in [0.5, 0.6) is 0 Å². The van der Waals surface area contributed by atoms with Crippen LogP contribution in [0.4, 0.5) is 14.5 Å². The van der Waals surface area contributed by atoms with Crippen LogP contribution in [-0.2, 0) is 4.79 Å². The summed E-state index contributed by atoms with van der Waals surface area (Å²) < 4.78 is 26.7. The minimum atomic E-state index is -0.537. The van der Waals surface area contributed by atoms with Gasteiger partial charge in [0.15, 0.2) is 0 Å². The van der Waals surface area contributed by atoms with Crippen molar-refractivity contribution in [3.8, 4) is 0 Å². The van der Waals surface area contributed by atoms with Crippen molar-refractivity contribution in [1.29, 1.82) is 0 Å². The van der Waals surface area contributed by atoms with Crippen LogP contribution in [0.15, 0.2) is 42.5 Å². The molecule has 2 aromatic rings. The van der Waals surface area contributed by atoms with E-state index in [0.717, 1.165) is 0 Å². The molecule has 1 amide bonds. The Kier molecular flexibility index (Phi) is 3.64. The first-order valence-corrected chi connectivity index (χ1v) is 6.94. The van der Waals surface area contributed by atoms with Gasteiger partial charge in [0.05, 0.1) is 5.02 Å². The third-order valence-corrected chi connectivity index (χ3v) is 3.91. The van der Waals surface area contributed by atoms with Crippen molar-refractivity contribution >= 4 is 23.2 Å². The van der Waals surface area contributed by atoms with E-state index in [1.165, 1.54) is 24.3 Å². The molecule has 0 aliphatic heterocycles. The smallest absolute Gasteiger partial charge is 0.228 e. The standard InChI is InChI=1S/C16H12ClF2NO/c17-13-7-9(5-6-15(13)19)20-16(21)12-8-11(12)10-3-1-2-4-14(10)18/h1-7,11-12H,8H2,(H,20,21). The molecule has 1 saturated carbocycles. The van der Waals surface area contributed by atoms with Gasteiger partial charge in [-0.2, -0.15) is 0 Å². The van der Waals surface area contributed by atoms with E-state index in [2.05, 4.69) is 5.32 Å². The maximum absolute atomic E-state index is 13.7. The lowest BCUT2D eigenvalue weighted by Crippen LogP contribution is -2.14. The molecule has 0 bridgehead atoms. The maximum Gasteiger partial charge on any atom is 0.228 e. The Labute approximate surface area is 125 Å². The summed E-state index contributed by atoms with van der Waals surface area (Å²) in [4.78, 5) is 12.1. The van der Waals surface area contributed by atoms with Crippen molar-refractivity contribution in [2.45, 2.75) is 12.3 Å². The van der Waals surface area contributed by atoms with E-state index < -0.39 is 5.82 Å². The lowest BCUT2D eigenvalue weighted by molar-refractivity contribution is -0.117. The molecule has 2 atom stereocenters. The Hall–Kier alpha value is -1.94. The number of carbonyl (C=O) groups excluding carboxylic acids is 1. The number of amides is 1. The Balaban J connectivity index is 1.68. The van der Waals surface area contributed by atoms with Crippen LogP contribution in [0.2, 0.25) is 5.02 Å². The Bertz CT molecular complexity index is 704. The molecular weight excluding hydrogens is 296 g/mol. The molecule has 21 heavy (non-hydrogen) atoms. The molecule has 1 aliphatic carbocycles. The maximum atomic E-state index is 13.7. The van der Waals surface area contributed by atoms with E-state index in [1.807, 2.05) is 0 Å². The number of rotatable bonds is 3. The van der Waals surface area contributed by atoms with E-state index in [4.69, 9.17) is 11.6 Å². The Morgan fingerprint density at radius 2 is 1.90 bits per heavy atom. The average Bonchev–Trinajstić information content (AvgIpc) is 3.24. The third kappa shape index (κ3) is 2.90. The van der Waals surface area contributed by atoms with Crippen molar-refractivity contribution in [3.63, 3.8) is 0 Å². The number of benzene rings is 2. The molecule has 1 N–H and O–H groups in total. The predicted molar refractivity (Wildman–Crippen MR) is 77.3 cm³/mol. The Morgan fingerprint density at radius 3 is 2.62 bits per heavy atom. The van der Waals surface area contributed by atoms with Gasteiger partial charge in [0.1, 0.15) is 11.6 Å². The summed E-state index contributed by atoms with van der Waals surface area (Å²) in [6.45, 7) is 0. The number of carbonyl (C=O) groups is 1. The van der Waals surface area contributed by atoms with Gasteiger partial charge in [-0.15, -0.1) is 0 Å². The number of hydrogen-bond acceptors (Lipinski definition) is 1. The van der Waals surface area contributed by atoms with Crippen molar-refractivity contribution in [2.75, 3.05) is 5.32 Å². The molecule has 0 aromatic heterocycles. The van der Waals surface area contributed by atoms with Crippen LogP contribution in [0, 0.1) is 17.6 Å². The molecule has 0 radical (unpaired) electrons. The van der Waals surface area contributed by atoms with Gasteiger partial charge in [-0.3, -0.25) is 4.79 Å². The van der Waals surface area contributed by atoms with Crippen molar-refractivity contribution in [2.24, 2.45) is 5.92 Å². The molecule has 0 heterocycles. The van der Waals surface area contributed by atoms with Crippen molar-refractivity contribution < 1.29 is 13.6 Å². The zero-order valence-corrected chi connectivity index (χ0v) is 11.7. The number of hydrogen-bond donors (Lipinski definition) is 1. The molecule has 0 saturated heterocycles. The molecular formula is C16H12ClF2NO. The van der Waals surface area contributed by atoms with Gasteiger partial charge in [-0.25, -0.2) is 8.78 Å². The molecule has 1 fully saturated rings. The van der Waals surface area contributed by atoms with Crippen LogP contribution in [0.25, 0.3) is 0 Å². The van der Waals surface area contributed by atoms with Crippen LogP contribution in [0.1, 0.15) is 17.9 Å². The minimum absolute atomic E-state index is 0.0470. The molecule has 2 aromatic carbocycles. The zero-order valence-electron chi connectivity index (χ0n) is 10.9. The fraction of sp³-hybridized carbons (Fsp3) is 0.188. The van der Waals surface area contributed by atoms with E-state index in [-0.39, 0.29) is 28.6 Å². The highest BCUT2D eigenvalue weighted by Gasteiger charge is 2.45. The topological polar surface area (TPSA) is 29.1 Å². The lowest BCUT2D eigenvalue weighted by Gasteiger charge is -2.06. The molecule has 3 rings (SSSR count). The second-order valence-electron chi connectivity index (χ2n) is 5.09. The van der Waals surface area contributed by atoms with Crippen molar-refractivity contribution in [1.82, 2.24) is 0 Å². The molecule has 2 unspecified atom stereocenters. The zero-order chi connectivity index (χ0) is 15.0. The van der Waals surface area contributed by atoms with Gasteiger partial charge in [0.2, 0.25) is 5.91 Å². The minimum Gasteiger partial charge on any atom is -0.326 e. The predicted octanol–water partition coefficient (Wildman–Crippen LogP) is 4.36. The van der Waals surface area contributed by atoms with E-state index in [0.29, 0.717) is 17.7 Å². The van der Waals surface area contributed by atoms with Crippen LogP contribution >= 0.6 is 11.6 Å². The number of nitrogens with one attached hydrogen (secondary N) is 1. The third-order valence-electron chi connectivity index (χ3n) is 3.62. The van der Waals surface area contributed by atoms with Crippen LogP contribution in [0.3, 0.4) is 0 Å². The van der Waals surface area contributed by atoms with Crippen LogP contribution in [-0.4, -0.2) is 5.91 Å². The highest BCUT2D eigenvalue weighted by molar-refractivity contribution is 6.31. The lowest BCUT2D eigenvalue weighted by atomic mass is 10.1. The Morgan fingerprint density at radius 1 is 1.14 bits per heavy atom. The number of halogens is 3. The van der Waals surface area contributed by atoms with Crippen molar-refractivity contribution in [3.05, 3.63) is 64.7 Å². The molecule has 0 spiro atoms. The van der Waals surface area contributed by atoms with Gasteiger partial charge in [-0.1, -0.05) is 29.8 Å². The van der Waals surface area contributed by atoms with Gasteiger partial charge < -0.3 is 5.32 Å². The monoisotopic (exact) mass is 307 g/mol. The molecule has 5 heteroatoms. The van der Waals surface area contributed by atoms with E-state index in [1.54, 1.807) is 18.2 Å². The fourth-order valence-corrected chi connectivity index (χ4v) is 2.59. The van der Waals surface area contributed by atoms with E-state index in [9.17, 15) is 13.6 Å². The van der Waals surface area contributed by atoms with Gasteiger partial charge in [0, 0.05) is 11.6 Å². The average molecular weight is 308 g/mol. The highest BCUT2D eigenvalue weighted by atomic mass is 35.5. The normalized spacial score (nSPS) is 20.1. The quantitative estimate of drug-likeness (QED) is 0.897. The summed E-state index contributed by atoms with van der Waals surface area (Å²) in [5.74, 6) is -1.38. The first kappa shape index (κ1) is 14.0. The first-order valence-electron chi connectivity index (χ1n) is 6.56. The van der Waals surface area contributed by atoms with Gasteiger partial charge >= 0.3 is 0 Å². The fourth-order valence-electron chi connectivity index (χ4n) is 2.41. The SMILES string of the molecule is O=C(Nc1ccc(F)c(Cl)c1)C1CC1c1ccccc1F. The molecule has 1 aliphatic rings. The second-order valence-corrected chi connectivity index (χ2v) is 5.50. The second kappa shape index (κ2) is 5.45. The molecule has 2 nitrogen and oxygen atoms in total. The highest BCUT2D eigenvalue weighted by Crippen LogP contribution is 2.48. The summed E-state index contributed by atoms with van der Waals surface area (Å²) in [7, 11) is 0. The first-order chi connectivity index (χ1) is 10.1. The van der Waals surface area contributed by atoms with E-state index >= 15 is 0 Å². The summed E-state index contributed by atoms with van der Waals surface area (Å²) in [5, 5.41) is 2.63. The summed E-state index contributed by atoms with van der Waals surface area (Å²) in [6, 6.07) is 10.5. The summed E-state index contributed by atoms with van der Waals surface area (Å²) in [5.41, 5.74) is 1.00. The molecule has 108 valence electrons. The van der Waals surface area contributed by atoms with Crippen LogP contribution < -0.4 is 5.32 Å². The largest absolute Gasteiger partial charge is 0.326 e. The van der Waals surface area contributed by atoms with Gasteiger partial charge in [-0.05, 0) is 42.2 Å². The summed E-state index contributed by atoms with van der Waals surface area (Å²) >= 11 is 5.66. The summed E-state index contributed by atoms with van der Waals surface area (Å²) in [6.07, 6.45) is 0.613. The number of anilines is 1.